The Morgan fingerprint density at radius 1 is 0.933 bits per heavy atom. The third kappa shape index (κ3) is 2.98. The lowest BCUT2D eigenvalue weighted by Gasteiger charge is -2.28. The predicted molar refractivity (Wildman–Crippen MR) is 115 cm³/mol. The lowest BCUT2D eigenvalue weighted by atomic mass is 9.94. The summed E-state index contributed by atoms with van der Waals surface area (Å²) in [4.78, 5) is 14.4. The van der Waals surface area contributed by atoms with Crippen LogP contribution in [0, 0.1) is 5.82 Å². The molecule has 0 bridgehead atoms. The third-order valence-corrected chi connectivity index (χ3v) is 5.37. The lowest BCUT2D eigenvalue weighted by Crippen LogP contribution is -2.36. The highest BCUT2D eigenvalue weighted by Crippen LogP contribution is 2.41. The molecule has 0 radical (unpaired) electrons. The van der Waals surface area contributed by atoms with Crippen molar-refractivity contribution < 1.29 is 9.18 Å². The van der Waals surface area contributed by atoms with Crippen LogP contribution >= 0.6 is 0 Å². The highest BCUT2D eigenvalue weighted by molar-refractivity contribution is 6.01. The van der Waals surface area contributed by atoms with Gasteiger partial charge >= 0.3 is 0 Å². The van der Waals surface area contributed by atoms with Gasteiger partial charge in [-0.25, -0.2) is 9.07 Å². The number of aromatic nitrogens is 2. The van der Waals surface area contributed by atoms with Crippen LogP contribution in [0.5, 0.6) is 0 Å². The summed E-state index contributed by atoms with van der Waals surface area (Å²) < 4.78 is 15.2. The maximum Gasteiger partial charge on any atom is 0.241 e. The Morgan fingerprint density at radius 2 is 1.63 bits per heavy atom. The molecule has 1 amide bonds. The van der Waals surface area contributed by atoms with Crippen molar-refractivity contribution in [2.24, 2.45) is 5.73 Å². The fraction of sp³-hybridized carbons (Fsp3) is 0.0833. The number of nitrogens with two attached hydrogens (primary N) is 1. The molecule has 5 nitrogen and oxygen atoms in total. The molecule has 3 aromatic carbocycles. The second-order valence-electron chi connectivity index (χ2n) is 7.17. The van der Waals surface area contributed by atoms with E-state index >= 15 is 0 Å². The summed E-state index contributed by atoms with van der Waals surface area (Å²) in [5, 5.41) is 4.85. The topological polar surface area (TPSA) is 64.2 Å². The zero-order valence-electron chi connectivity index (χ0n) is 16.1. The SMILES string of the molecule is NCC(=O)N1Cc2ccccc2-c2nn(-c3ccc([18F])cc3)cc2-c2ccccc21. The summed E-state index contributed by atoms with van der Waals surface area (Å²) >= 11 is 0. The zero-order chi connectivity index (χ0) is 20.7. The number of anilines is 1. The highest BCUT2D eigenvalue weighted by Gasteiger charge is 2.26. The average molecular weight is 397 g/mol. The average Bonchev–Trinajstić information content (AvgIpc) is 3.21. The fourth-order valence-electron chi connectivity index (χ4n) is 3.91. The van der Waals surface area contributed by atoms with Gasteiger partial charge in [0.15, 0.2) is 0 Å². The molecule has 0 saturated carbocycles. The molecular weight excluding hydrogens is 378 g/mol. The third-order valence-electron chi connectivity index (χ3n) is 5.37. The number of benzene rings is 3. The predicted octanol–water partition coefficient (Wildman–Crippen LogP) is 4.15. The Morgan fingerprint density at radius 3 is 2.40 bits per heavy atom. The smallest absolute Gasteiger partial charge is 0.241 e. The van der Waals surface area contributed by atoms with Crippen molar-refractivity contribution in [2.45, 2.75) is 6.54 Å². The molecule has 6 heteroatoms. The number of fused-ring (bicyclic) bond motifs is 5. The first-order valence-electron chi connectivity index (χ1n) is 9.69. The van der Waals surface area contributed by atoms with E-state index in [4.69, 9.17) is 10.8 Å². The van der Waals surface area contributed by atoms with E-state index in [2.05, 4.69) is 0 Å². The molecule has 148 valence electrons. The maximum absolute atomic E-state index is 13.4. The second-order valence-corrected chi connectivity index (χ2v) is 7.17. The van der Waals surface area contributed by atoms with Gasteiger partial charge in [0.25, 0.3) is 0 Å². The van der Waals surface area contributed by atoms with E-state index in [1.807, 2.05) is 54.7 Å². The Kier molecular flexibility index (Phi) is 4.41. The Bertz CT molecular complexity index is 1250. The van der Waals surface area contributed by atoms with Crippen LogP contribution < -0.4 is 10.6 Å². The number of carbonyl (C=O) groups excluding carboxylic acids is 1. The van der Waals surface area contributed by atoms with Crippen LogP contribution in [0.2, 0.25) is 0 Å². The number of amides is 1. The number of hydrogen-bond acceptors (Lipinski definition) is 3. The number of rotatable bonds is 2. The summed E-state index contributed by atoms with van der Waals surface area (Å²) in [7, 11) is 0. The number of carbonyl (C=O) groups is 1. The Balaban J connectivity index is 1.79. The molecule has 5 rings (SSSR count). The molecule has 2 N–H and O–H groups in total. The number of nitrogens with zero attached hydrogens (tertiary/aromatic N) is 3. The first-order valence-corrected chi connectivity index (χ1v) is 9.69. The van der Waals surface area contributed by atoms with E-state index in [1.165, 1.54) is 12.1 Å². The maximum atomic E-state index is 13.4. The summed E-state index contributed by atoms with van der Waals surface area (Å²) in [5.41, 5.74) is 11.8. The fourth-order valence-corrected chi connectivity index (χ4v) is 3.91. The molecule has 0 atom stereocenters. The van der Waals surface area contributed by atoms with E-state index < -0.39 is 0 Å². The molecule has 30 heavy (non-hydrogen) atoms. The molecule has 1 aliphatic heterocycles. The van der Waals surface area contributed by atoms with Crippen LogP contribution in [0.4, 0.5) is 10.1 Å². The normalized spacial score (nSPS) is 12.4. The number of halogens is 1. The number of hydrogen-bond donors (Lipinski definition) is 1. The van der Waals surface area contributed by atoms with Gasteiger partial charge in [0, 0.05) is 22.9 Å². The van der Waals surface area contributed by atoms with Crippen molar-refractivity contribution in [2.75, 3.05) is 11.4 Å². The van der Waals surface area contributed by atoms with Crippen LogP contribution in [0.1, 0.15) is 5.56 Å². The first-order chi connectivity index (χ1) is 14.7. The molecular formula is C24H19FN4O. The van der Waals surface area contributed by atoms with E-state index in [-0.39, 0.29) is 18.3 Å². The summed E-state index contributed by atoms with van der Waals surface area (Å²) in [6.45, 7) is 0.338. The minimum absolute atomic E-state index is 0.0712. The highest BCUT2D eigenvalue weighted by atomic mass is 18.2. The molecule has 0 aliphatic carbocycles. The van der Waals surface area contributed by atoms with Gasteiger partial charge in [-0.05, 0) is 35.9 Å². The van der Waals surface area contributed by atoms with Crippen LogP contribution in [0.15, 0.2) is 79.0 Å². The van der Waals surface area contributed by atoms with Gasteiger partial charge in [-0.2, -0.15) is 5.10 Å². The molecule has 0 saturated heterocycles. The second kappa shape index (κ2) is 7.24. The van der Waals surface area contributed by atoms with Crippen molar-refractivity contribution in [3.05, 3.63) is 90.4 Å². The van der Waals surface area contributed by atoms with Gasteiger partial charge in [0.2, 0.25) is 5.91 Å². The Hall–Kier alpha value is -3.77. The van der Waals surface area contributed by atoms with E-state index in [9.17, 15) is 9.18 Å². The van der Waals surface area contributed by atoms with Crippen LogP contribution in [-0.4, -0.2) is 22.2 Å². The minimum atomic E-state index is -0.295. The van der Waals surface area contributed by atoms with E-state index in [0.29, 0.717) is 6.54 Å². The molecule has 0 spiro atoms. The van der Waals surface area contributed by atoms with Crippen LogP contribution in [0.3, 0.4) is 0 Å². The Labute approximate surface area is 173 Å². The van der Waals surface area contributed by atoms with Gasteiger partial charge in [0.1, 0.15) is 11.5 Å². The first kappa shape index (κ1) is 18.3. The number of para-hydroxylation sites is 1. The van der Waals surface area contributed by atoms with Crippen LogP contribution in [-0.2, 0) is 11.3 Å². The summed E-state index contributed by atoms with van der Waals surface area (Å²) in [6.07, 6.45) is 1.93. The van der Waals surface area contributed by atoms with Crippen molar-refractivity contribution in [1.29, 1.82) is 0 Å². The lowest BCUT2D eigenvalue weighted by molar-refractivity contribution is -0.117. The van der Waals surface area contributed by atoms with E-state index in [0.717, 1.165) is 39.3 Å². The van der Waals surface area contributed by atoms with Gasteiger partial charge in [-0.1, -0.05) is 42.5 Å². The van der Waals surface area contributed by atoms with Gasteiger partial charge in [-0.15, -0.1) is 0 Å². The van der Waals surface area contributed by atoms with E-state index in [1.54, 1.807) is 21.7 Å². The van der Waals surface area contributed by atoms with Crippen LogP contribution in [0.25, 0.3) is 28.1 Å². The zero-order valence-corrected chi connectivity index (χ0v) is 16.1. The summed E-state index contributed by atoms with van der Waals surface area (Å²) in [5.74, 6) is -0.442. The molecule has 1 aromatic heterocycles. The molecule has 2 heterocycles. The van der Waals surface area contributed by atoms with Crippen molar-refractivity contribution in [1.82, 2.24) is 9.78 Å². The molecule has 1 aliphatic rings. The molecule has 0 fully saturated rings. The van der Waals surface area contributed by atoms with Gasteiger partial charge in [-0.3, -0.25) is 4.79 Å². The summed E-state index contributed by atoms with van der Waals surface area (Å²) in [6, 6.07) is 21.9. The monoisotopic (exact) mass is 397 g/mol. The minimum Gasteiger partial charge on any atom is -0.322 e. The van der Waals surface area contributed by atoms with Crippen molar-refractivity contribution in [3.63, 3.8) is 0 Å². The van der Waals surface area contributed by atoms with Gasteiger partial charge < -0.3 is 10.6 Å². The largest absolute Gasteiger partial charge is 0.322 e. The van der Waals surface area contributed by atoms with Crippen molar-refractivity contribution >= 4 is 11.6 Å². The molecule has 4 aromatic rings. The van der Waals surface area contributed by atoms with Crippen molar-refractivity contribution in [3.8, 4) is 28.1 Å². The molecule has 0 unspecified atom stereocenters. The quantitative estimate of drug-likeness (QED) is 0.553. The van der Waals surface area contributed by atoms with Gasteiger partial charge in [0.05, 0.1) is 24.5 Å². The standard InChI is InChI=1S/C24H19FN4O/c25-17-9-11-18(12-10-17)29-15-21-20-7-3-4-8-22(20)28(23(30)13-26)14-16-5-1-2-6-19(16)24(21)27-29/h1-12,15H,13-14,26H2/i25-1.